The minimum absolute atomic E-state index is 0.0376. The summed E-state index contributed by atoms with van der Waals surface area (Å²) in [5.41, 5.74) is 0.400. The fourth-order valence-corrected chi connectivity index (χ4v) is 1.56. The lowest BCUT2D eigenvalue weighted by Gasteiger charge is -2.04. The first kappa shape index (κ1) is 11.7. The molecule has 0 unspecified atom stereocenters. The number of phenolic OH excluding ortho intramolecular Hbond substituents is 1. The largest absolute Gasteiger partial charge is 0.507 e. The van der Waals surface area contributed by atoms with Crippen LogP contribution in [0.25, 0.3) is 0 Å². The van der Waals surface area contributed by atoms with E-state index in [0.29, 0.717) is 22.4 Å². The SMILES string of the molecule is O=C(NCc1ncc[nH]1)c1ccc(Br)c(O)c1. The number of aromatic nitrogens is 2. The summed E-state index contributed by atoms with van der Waals surface area (Å²) < 4.78 is 0.556. The molecule has 0 bridgehead atoms. The minimum atomic E-state index is -0.260. The lowest BCUT2D eigenvalue weighted by molar-refractivity contribution is 0.0949. The molecule has 0 fully saturated rings. The van der Waals surface area contributed by atoms with E-state index in [0.717, 1.165) is 0 Å². The number of H-pyrrole nitrogens is 1. The average Bonchev–Trinajstić information content (AvgIpc) is 2.82. The van der Waals surface area contributed by atoms with E-state index in [1.54, 1.807) is 24.5 Å². The lowest BCUT2D eigenvalue weighted by Crippen LogP contribution is -2.23. The molecule has 0 atom stereocenters. The third kappa shape index (κ3) is 2.85. The number of rotatable bonds is 3. The van der Waals surface area contributed by atoms with Crippen molar-refractivity contribution in [3.8, 4) is 5.75 Å². The zero-order chi connectivity index (χ0) is 12.3. The molecule has 0 saturated carbocycles. The van der Waals surface area contributed by atoms with Gasteiger partial charge in [-0.25, -0.2) is 4.98 Å². The van der Waals surface area contributed by atoms with Crippen molar-refractivity contribution in [3.63, 3.8) is 0 Å². The van der Waals surface area contributed by atoms with Crippen molar-refractivity contribution in [3.05, 3.63) is 46.5 Å². The highest BCUT2D eigenvalue weighted by Gasteiger charge is 2.08. The van der Waals surface area contributed by atoms with Gasteiger partial charge < -0.3 is 15.4 Å². The number of phenols is 1. The minimum Gasteiger partial charge on any atom is -0.507 e. The molecule has 1 amide bonds. The number of imidazole rings is 1. The fraction of sp³-hybridized carbons (Fsp3) is 0.0909. The van der Waals surface area contributed by atoms with Gasteiger partial charge in [0.1, 0.15) is 11.6 Å². The zero-order valence-corrected chi connectivity index (χ0v) is 10.4. The molecule has 1 aromatic carbocycles. The fourth-order valence-electron chi connectivity index (χ4n) is 1.31. The molecule has 6 heteroatoms. The number of benzene rings is 1. The monoisotopic (exact) mass is 295 g/mol. The van der Waals surface area contributed by atoms with Crippen LogP contribution in [-0.2, 0) is 6.54 Å². The summed E-state index contributed by atoms with van der Waals surface area (Å²) in [4.78, 5) is 18.6. The van der Waals surface area contributed by atoms with Gasteiger partial charge >= 0.3 is 0 Å². The Hall–Kier alpha value is -1.82. The van der Waals surface area contributed by atoms with E-state index >= 15 is 0 Å². The molecular weight excluding hydrogens is 286 g/mol. The molecule has 5 nitrogen and oxygen atoms in total. The molecule has 1 heterocycles. The molecule has 0 radical (unpaired) electrons. The van der Waals surface area contributed by atoms with E-state index < -0.39 is 0 Å². The van der Waals surface area contributed by atoms with Gasteiger partial charge in [0.25, 0.3) is 5.91 Å². The molecule has 2 rings (SSSR count). The number of carbonyl (C=O) groups excluding carboxylic acids is 1. The van der Waals surface area contributed by atoms with Crippen molar-refractivity contribution < 1.29 is 9.90 Å². The van der Waals surface area contributed by atoms with Crippen LogP contribution in [0.1, 0.15) is 16.2 Å². The normalized spacial score (nSPS) is 10.2. The molecule has 88 valence electrons. The van der Waals surface area contributed by atoms with Crippen molar-refractivity contribution in [2.24, 2.45) is 0 Å². The summed E-state index contributed by atoms with van der Waals surface area (Å²) in [6.45, 7) is 0.322. The van der Waals surface area contributed by atoms with Crippen LogP contribution in [0, 0.1) is 0 Å². The van der Waals surface area contributed by atoms with Crippen LogP contribution in [0.15, 0.2) is 35.1 Å². The first-order valence-electron chi connectivity index (χ1n) is 4.92. The van der Waals surface area contributed by atoms with E-state index in [9.17, 15) is 9.90 Å². The summed E-state index contributed by atoms with van der Waals surface area (Å²) in [6.07, 6.45) is 3.31. The molecule has 2 aromatic rings. The van der Waals surface area contributed by atoms with Gasteiger partial charge in [-0.05, 0) is 34.1 Å². The van der Waals surface area contributed by atoms with Crippen LogP contribution >= 0.6 is 15.9 Å². The van der Waals surface area contributed by atoms with E-state index in [1.807, 2.05) is 0 Å². The maximum atomic E-state index is 11.7. The Kier molecular flexibility index (Phi) is 3.43. The molecule has 3 N–H and O–H groups in total. The average molecular weight is 296 g/mol. The zero-order valence-electron chi connectivity index (χ0n) is 8.77. The number of amides is 1. The highest BCUT2D eigenvalue weighted by Crippen LogP contribution is 2.24. The second kappa shape index (κ2) is 5.01. The number of carbonyl (C=O) groups is 1. The summed E-state index contributed by atoms with van der Waals surface area (Å²) in [5, 5.41) is 12.1. The van der Waals surface area contributed by atoms with E-state index in [4.69, 9.17) is 0 Å². The van der Waals surface area contributed by atoms with Gasteiger partial charge in [0.15, 0.2) is 0 Å². The van der Waals surface area contributed by atoms with Gasteiger partial charge in [-0.2, -0.15) is 0 Å². The molecule has 17 heavy (non-hydrogen) atoms. The maximum absolute atomic E-state index is 11.7. The number of aromatic hydroxyl groups is 1. The van der Waals surface area contributed by atoms with E-state index in [-0.39, 0.29) is 11.7 Å². The number of hydrogen-bond acceptors (Lipinski definition) is 3. The van der Waals surface area contributed by atoms with Gasteiger partial charge in [0.05, 0.1) is 11.0 Å². The maximum Gasteiger partial charge on any atom is 0.251 e. The molecule has 0 spiro atoms. The van der Waals surface area contributed by atoms with Crippen molar-refractivity contribution in [1.29, 1.82) is 0 Å². The Morgan fingerprint density at radius 1 is 1.53 bits per heavy atom. The van der Waals surface area contributed by atoms with Gasteiger partial charge in [-0.15, -0.1) is 0 Å². The number of aromatic amines is 1. The third-order valence-corrected chi connectivity index (χ3v) is 2.85. The Bertz CT molecular complexity index is 526. The third-order valence-electron chi connectivity index (χ3n) is 2.18. The highest BCUT2D eigenvalue weighted by atomic mass is 79.9. The second-order valence-electron chi connectivity index (χ2n) is 3.38. The van der Waals surface area contributed by atoms with Crippen LogP contribution < -0.4 is 5.32 Å². The Morgan fingerprint density at radius 2 is 2.35 bits per heavy atom. The van der Waals surface area contributed by atoms with Crippen LogP contribution in [0.5, 0.6) is 5.75 Å². The molecular formula is C11H10BrN3O2. The van der Waals surface area contributed by atoms with Crippen molar-refractivity contribution in [2.45, 2.75) is 6.54 Å². The second-order valence-corrected chi connectivity index (χ2v) is 4.24. The van der Waals surface area contributed by atoms with Crippen LogP contribution in [0.3, 0.4) is 0 Å². The molecule has 0 aliphatic rings. The van der Waals surface area contributed by atoms with Gasteiger partial charge in [-0.3, -0.25) is 4.79 Å². The lowest BCUT2D eigenvalue weighted by atomic mass is 10.2. The van der Waals surface area contributed by atoms with Gasteiger partial charge in [0, 0.05) is 18.0 Å². The molecule has 0 aliphatic heterocycles. The van der Waals surface area contributed by atoms with E-state index in [2.05, 4.69) is 31.2 Å². The Balaban J connectivity index is 2.02. The Morgan fingerprint density at radius 3 is 3.00 bits per heavy atom. The van der Waals surface area contributed by atoms with Crippen molar-refractivity contribution >= 4 is 21.8 Å². The van der Waals surface area contributed by atoms with Crippen LogP contribution in [-0.4, -0.2) is 21.0 Å². The standard InChI is InChI=1S/C11H10BrN3O2/c12-8-2-1-7(5-9(8)16)11(17)15-6-10-13-3-4-14-10/h1-5,16H,6H2,(H,13,14)(H,15,17). The van der Waals surface area contributed by atoms with Crippen molar-refractivity contribution in [1.82, 2.24) is 15.3 Å². The van der Waals surface area contributed by atoms with Crippen LogP contribution in [0.4, 0.5) is 0 Å². The summed E-state index contributed by atoms with van der Waals surface area (Å²) in [6, 6.07) is 4.65. The predicted molar refractivity (Wildman–Crippen MR) is 65.6 cm³/mol. The molecule has 1 aromatic heterocycles. The van der Waals surface area contributed by atoms with Gasteiger partial charge in [0.2, 0.25) is 0 Å². The predicted octanol–water partition coefficient (Wildman–Crippen LogP) is 1.81. The first-order chi connectivity index (χ1) is 8.16. The quantitative estimate of drug-likeness (QED) is 0.808. The Labute approximate surface area is 106 Å². The molecule has 0 aliphatic carbocycles. The number of hydrogen-bond donors (Lipinski definition) is 3. The summed E-state index contributed by atoms with van der Waals surface area (Å²) >= 11 is 3.15. The topological polar surface area (TPSA) is 78.0 Å². The van der Waals surface area contributed by atoms with Gasteiger partial charge in [-0.1, -0.05) is 0 Å². The van der Waals surface area contributed by atoms with Crippen molar-refractivity contribution in [2.75, 3.05) is 0 Å². The smallest absolute Gasteiger partial charge is 0.251 e. The summed E-state index contributed by atoms with van der Waals surface area (Å²) in [7, 11) is 0. The number of nitrogens with one attached hydrogen (secondary N) is 2. The van der Waals surface area contributed by atoms with E-state index in [1.165, 1.54) is 6.07 Å². The van der Waals surface area contributed by atoms with Crippen LogP contribution in [0.2, 0.25) is 0 Å². The number of nitrogens with zero attached hydrogens (tertiary/aromatic N) is 1. The first-order valence-corrected chi connectivity index (χ1v) is 5.71. The molecule has 0 saturated heterocycles. The highest BCUT2D eigenvalue weighted by molar-refractivity contribution is 9.10. The summed E-state index contributed by atoms with van der Waals surface area (Å²) in [5.74, 6) is 0.458. The number of halogens is 1.